The van der Waals surface area contributed by atoms with Crippen LogP contribution in [-0.4, -0.2) is 46.3 Å². The molecule has 1 heterocycles. The number of nitrogens with one attached hydrogen (secondary N) is 1. The summed E-state index contributed by atoms with van der Waals surface area (Å²) in [5.74, 6) is -0.625. The molecule has 2 atom stereocenters. The fourth-order valence-corrected chi connectivity index (χ4v) is 4.78. The van der Waals surface area contributed by atoms with Crippen molar-refractivity contribution >= 4 is 28.3 Å². The third-order valence-electron chi connectivity index (χ3n) is 5.23. The highest BCUT2D eigenvalue weighted by Gasteiger charge is 2.33. The molecular weight excluding hydrogens is 479 g/mol. The molecule has 0 saturated carbocycles. The van der Waals surface area contributed by atoms with Crippen LogP contribution in [0, 0.1) is 0 Å². The van der Waals surface area contributed by atoms with Crippen LogP contribution in [0.1, 0.15) is 34.8 Å². The number of benzene rings is 2. The van der Waals surface area contributed by atoms with E-state index in [0.717, 1.165) is 12.5 Å². The molecule has 0 spiro atoms. The van der Waals surface area contributed by atoms with Crippen molar-refractivity contribution in [3.8, 4) is 5.75 Å². The lowest BCUT2D eigenvalue weighted by Crippen LogP contribution is -2.27. The summed E-state index contributed by atoms with van der Waals surface area (Å²) >= 11 is 6.03. The van der Waals surface area contributed by atoms with Crippen molar-refractivity contribution in [3.05, 3.63) is 58.1 Å². The number of carbonyl (C=O) groups excluding carboxylic acids is 1. The maximum Gasteiger partial charge on any atom is 0.573 e. The van der Waals surface area contributed by atoms with Crippen molar-refractivity contribution in [2.45, 2.75) is 43.7 Å². The third kappa shape index (κ3) is 7.17. The third-order valence-corrected chi connectivity index (χ3v) is 6.88. The first-order valence-corrected chi connectivity index (χ1v) is 12.1. The molecule has 6 nitrogen and oxygen atoms in total. The van der Waals surface area contributed by atoms with Gasteiger partial charge < -0.3 is 15.8 Å². The molecule has 2 aromatic rings. The Kier molecular flexibility index (Phi) is 8.38. The van der Waals surface area contributed by atoms with E-state index in [2.05, 4.69) is 10.1 Å². The molecule has 3 rings (SSSR count). The molecule has 11 heteroatoms. The predicted octanol–water partition coefficient (Wildman–Crippen LogP) is 3.83. The van der Waals surface area contributed by atoms with Gasteiger partial charge in [-0.05, 0) is 42.3 Å². The lowest BCUT2D eigenvalue weighted by Gasteiger charge is -2.19. The first-order chi connectivity index (χ1) is 15.6. The summed E-state index contributed by atoms with van der Waals surface area (Å²) in [6.45, 7) is 3.27. The van der Waals surface area contributed by atoms with E-state index in [-0.39, 0.29) is 24.7 Å². The van der Waals surface area contributed by atoms with E-state index < -0.39 is 28.8 Å². The summed E-state index contributed by atoms with van der Waals surface area (Å²) in [5, 5.41) is 3.07. The number of alkyl halides is 3. The maximum atomic E-state index is 13.0. The number of ether oxygens (including phenoxy) is 1. The first-order valence-electron chi connectivity index (χ1n) is 10.4. The number of nitrogens with zero attached hydrogens (tertiary/aromatic N) is 1. The quantitative estimate of drug-likeness (QED) is 0.572. The Morgan fingerprint density at radius 2 is 2.03 bits per heavy atom. The lowest BCUT2D eigenvalue weighted by molar-refractivity contribution is -0.275. The van der Waals surface area contributed by atoms with Crippen LogP contribution in [0.25, 0.3) is 0 Å². The van der Waals surface area contributed by atoms with Gasteiger partial charge in [-0.2, -0.15) is 0 Å². The monoisotopic (exact) mass is 503 g/mol. The zero-order valence-corrected chi connectivity index (χ0v) is 19.5. The minimum Gasteiger partial charge on any atom is -0.405 e. The largest absolute Gasteiger partial charge is 0.573 e. The van der Waals surface area contributed by atoms with Gasteiger partial charge >= 0.3 is 6.36 Å². The van der Waals surface area contributed by atoms with E-state index in [4.69, 9.17) is 17.3 Å². The first kappa shape index (κ1) is 25.5. The molecule has 0 aliphatic carbocycles. The Balaban J connectivity index is 1.78. The summed E-state index contributed by atoms with van der Waals surface area (Å²) in [6.07, 6.45) is -4.13. The molecular formula is C22H25ClF3N3O3S. The number of rotatable bonds is 8. The van der Waals surface area contributed by atoms with Crippen LogP contribution < -0.4 is 15.8 Å². The minimum absolute atomic E-state index is 0.0105. The highest BCUT2D eigenvalue weighted by Crippen LogP contribution is 2.29. The van der Waals surface area contributed by atoms with Gasteiger partial charge in [-0.15, -0.1) is 13.2 Å². The van der Waals surface area contributed by atoms with Crippen molar-refractivity contribution in [2.24, 2.45) is 5.73 Å². The SMILES string of the molecule is CCS(=O)c1ccc(Cl)cc1CNC(=O)c1ccc(CN2CCC(N)C2)c(OC(F)(F)F)c1. The summed E-state index contributed by atoms with van der Waals surface area (Å²) < 4.78 is 55.4. The van der Waals surface area contributed by atoms with Crippen LogP contribution in [0.15, 0.2) is 41.3 Å². The van der Waals surface area contributed by atoms with Gasteiger partial charge in [-0.25, -0.2) is 0 Å². The summed E-state index contributed by atoms with van der Waals surface area (Å²) in [5.41, 5.74) is 6.78. The smallest absolute Gasteiger partial charge is 0.405 e. The molecule has 2 unspecified atom stereocenters. The minimum atomic E-state index is -4.90. The summed E-state index contributed by atoms with van der Waals surface area (Å²) in [7, 11) is -1.26. The normalized spacial score (nSPS) is 17.7. The van der Waals surface area contributed by atoms with Gasteiger partial charge in [0, 0.05) is 59.0 Å². The van der Waals surface area contributed by atoms with E-state index in [1.165, 1.54) is 12.1 Å². The van der Waals surface area contributed by atoms with Gasteiger partial charge in [0.2, 0.25) is 0 Å². The molecule has 0 bridgehead atoms. The Labute approximate surface area is 197 Å². The number of hydrogen-bond acceptors (Lipinski definition) is 5. The second-order valence-corrected chi connectivity index (χ2v) is 9.87. The van der Waals surface area contributed by atoms with Crippen LogP contribution >= 0.6 is 11.6 Å². The number of carbonyl (C=O) groups is 1. The molecule has 1 fully saturated rings. The fraction of sp³-hybridized carbons (Fsp3) is 0.409. The van der Waals surface area contributed by atoms with Gasteiger partial charge in [0.15, 0.2) is 0 Å². The lowest BCUT2D eigenvalue weighted by atomic mass is 10.1. The number of amides is 1. The average molecular weight is 504 g/mol. The number of hydrogen-bond donors (Lipinski definition) is 2. The van der Waals surface area contributed by atoms with E-state index >= 15 is 0 Å². The van der Waals surface area contributed by atoms with E-state index in [1.54, 1.807) is 25.1 Å². The summed E-state index contributed by atoms with van der Waals surface area (Å²) in [4.78, 5) is 15.2. The van der Waals surface area contributed by atoms with Crippen molar-refractivity contribution in [1.29, 1.82) is 0 Å². The Morgan fingerprint density at radius 3 is 2.67 bits per heavy atom. The highest BCUT2D eigenvalue weighted by molar-refractivity contribution is 7.85. The van der Waals surface area contributed by atoms with Gasteiger partial charge in [0.05, 0.1) is 10.8 Å². The molecule has 1 aliphatic rings. The van der Waals surface area contributed by atoms with Gasteiger partial charge in [0.25, 0.3) is 5.91 Å². The standard InChI is InChI=1S/C22H25ClF3N3O3S/c1-2-33(31)20-6-5-17(23)9-16(20)11-28-21(30)14-3-4-15(12-29-8-7-18(27)13-29)19(10-14)32-22(24,25)26/h3-6,9-10,18H,2,7-8,11-13,27H2,1H3,(H,28,30). The Bertz CT molecular complexity index is 1040. The highest BCUT2D eigenvalue weighted by atomic mass is 35.5. The topological polar surface area (TPSA) is 84.7 Å². The van der Waals surface area contributed by atoms with Crippen LogP contribution in [-0.2, 0) is 23.9 Å². The number of likely N-dealkylation sites (tertiary alicyclic amines) is 1. The van der Waals surface area contributed by atoms with E-state index in [1.807, 2.05) is 4.90 Å². The van der Waals surface area contributed by atoms with Gasteiger partial charge in [0.1, 0.15) is 5.75 Å². The molecule has 3 N–H and O–H groups in total. The summed E-state index contributed by atoms with van der Waals surface area (Å²) in [6, 6.07) is 8.83. The zero-order valence-electron chi connectivity index (χ0n) is 18.0. The van der Waals surface area contributed by atoms with Crippen molar-refractivity contribution in [2.75, 3.05) is 18.8 Å². The molecule has 180 valence electrons. The van der Waals surface area contributed by atoms with Gasteiger partial charge in [-0.3, -0.25) is 13.9 Å². The fourth-order valence-electron chi connectivity index (χ4n) is 3.63. The zero-order chi connectivity index (χ0) is 24.2. The Morgan fingerprint density at radius 1 is 1.27 bits per heavy atom. The predicted molar refractivity (Wildman–Crippen MR) is 121 cm³/mol. The van der Waals surface area contributed by atoms with E-state index in [9.17, 15) is 22.2 Å². The van der Waals surface area contributed by atoms with Gasteiger partial charge in [-0.1, -0.05) is 24.6 Å². The number of halogens is 4. The molecule has 0 radical (unpaired) electrons. The molecule has 1 amide bonds. The van der Waals surface area contributed by atoms with Crippen LogP contribution in [0.2, 0.25) is 5.02 Å². The molecule has 2 aromatic carbocycles. The van der Waals surface area contributed by atoms with Crippen molar-refractivity contribution in [3.63, 3.8) is 0 Å². The molecule has 1 aliphatic heterocycles. The second kappa shape index (κ2) is 10.9. The maximum absolute atomic E-state index is 13.0. The Hall–Kier alpha value is -2.14. The van der Waals surface area contributed by atoms with Crippen LogP contribution in [0.4, 0.5) is 13.2 Å². The van der Waals surface area contributed by atoms with Crippen molar-refractivity contribution in [1.82, 2.24) is 10.2 Å². The van der Waals surface area contributed by atoms with E-state index in [0.29, 0.717) is 39.9 Å². The average Bonchev–Trinajstić information content (AvgIpc) is 3.16. The van der Waals surface area contributed by atoms with Crippen LogP contribution in [0.3, 0.4) is 0 Å². The molecule has 1 saturated heterocycles. The molecule has 0 aromatic heterocycles. The van der Waals surface area contributed by atoms with Crippen molar-refractivity contribution < 1.29 is 26.9 Å². The second-order valence-electron chi connectivity index (χ2n) is 7.72. The van der Waals surface area contributed by atoms with Crippen LogP contribution in [0.5, 0.6) is 5.75 Å². The number of nitrogens with two attached hydrogens (primary N) is 1. The molecule has 33 heavy (non-hydrogen) atoms.